The van der Waals surface area contributed by atoms with Crippen molar-refractivity contribution in [2.24, 2.45) is 11.7 Å². The molecule has 4 heterocycles. The Kier molecular flexibility index (Phi) is 6.89. The third-order valence-corrected chi connectivity index (χ3v) is 5.69. The number of Topliss-reactive ketones (excluding diaryl/α,β-unsaturated/α-hetero) is 1. The van der Waals surface area contributed by atoms with Crippen LogP contribution in [-0.4, -0.2) is 129 Å². The molecule has 11 nitrogen and oxygen atoms in total. The van der Waals surface area contributed by atoms with Crippen LogP contribution in [0.5, 0.6) is 0 Å². The zero-order valence-electron chi connectivity index (χ0n) is 16.3. The molecule has 4 rings (SSSR count). The standard InChI is InChI=1S/C17H32N6O5/c18-22-11-13(9-20-1-5-25-6-2-20)27-16(22)15(24)17-23(19)12-14(28-17)10-21-3-7-26-8-4-21/h13-14,16-17H,1-12,18-19H2. The largest absolute Gasteiger partial charge is 0.379 e. The van der Waals surface area contributed by atoms with Gasteiger partial charge in [-0.25, -0.2) is 10.0 Å². The summed E-state index contributed by atoms with van der Waals surface area (Å²) in [5, 5.41) is 2.92. The average Bonchev–Trinajstić information content (AvgIpc) is 3.25. The molecule has 4 unspecified atom stereocenters. The second-order valence-electron chi connectivity index (χ2n) is 7.84. The fourth-order valence-electron chi connectivity index (χ4n) is 4.20. The van der Waals surface area contributed by atoms with Gasteiger partial charge in [-0.15, -0.1) is 0 Å². The maximum atomic E-state index is 13.0. The van der Waals surface area contributed by atoms with Crippen molar-refractivity contribution in [3.8, 4) is 0 Å². The van der Waals surface area contributed by atoms with Crippen LogP contribution in [0.15, 0.2) is 0 Å². The predicted molar refractivity (Wildman–Crippen MR) is 98.6 cm³/mol. The smallest absolute Gasteiger partial charge is 0.222 e. The van der Waals surface area contributed by atoms with Crippen molar-refractivity contribution < 1.29 is 23.7 Å². The molecule has 4 N–H and O–H groups in total. The number of ether oxygens (including phenoxy) is 4. The third-order valence-electron chi connectivity index (χ3n) is 5.69. The number of hydrogen-bond donors (Lipinski definition) is 2. The van der Waals surface area contributed by atoms with Crippen molar-refractivity contribution >= 4 is 5.78 Å². The molecule has 4 atom stereocenters. The molecule has 160 valence electrons. The van der Waals surface area contributed by atoms with Gasteiger partial charge in [-0.05, 0) is 0 Å². The van der Waals surface area contributed by atoms with Gasteiger partial charge >= 0.3 is 0 Å². The summed E-state index contributed by atoms with van der Waals surface area (Å²) in [6.45, 7) is 8.86. The fraction of sp³-hybridized carbons (Fsp3) is 0.941. The topological polar surface area (TPSA) is 119 Å². The highest BCUT2D eigenvalue weighted by atomic mass is 16.6. The van der Waals surface area contributed by atoms with E-state index in [1.165, 1.54) is 10.0 Å². The fourth-order valence-corrected chi connectivity index (χ4v) is 4.20. The molecular formula is C17H32N6O5. The van der Waals surface area contributed by atoms with Crippen LogP contribution < -0.4 is 11.7 Å². The van der Waals surface area contributed by atoms with Gasteiger partial charge in [-0.3, -0.25) is 26.3 Å². The molecule has 0 spiro atoms. The van der Waals surface area contributed by atoms with E-state index in [1.54, 1.807) is 0 Å². The monoisotopic (exact) mass is 400 g/mol. The number of carbonyl (C=O) groups excluding carboxylic acids is 1. The number of carbonyl (C=O) groups is 1. The summed E-state index contributed by atoms with van der Waals surface area (Å²) in [5.74, 6) is 11.9. The zero-order chi connectivity index (χ0) is 19.5. The molecule has 0 radical (unpaired) electrons. The van der Waals surface area contributed by atoms with E-state index >= 15 is 0 Å². The van der Waals surface area contributed by atoms with Gasteiger partial charge in [0, 0.05) is 52.4 Å². The van der Waals surface area contributed by atoms with Crippen LogP contribution in [0, 0.1) is 0 Å². The normalized spacial score (nSPS) is 36.9. The lowest BCUT2D eigenvalue weighted by Gasteiger charge is -2.28. The molecule has 4 aliphatic heterocycles. The Hall–Kier alpha value is -0.730. The van der Waals surface area contributed by atoms with Crippen LogP contribution in [0.1, 0.15) is 0 Å². The van der Waals surface area contributed by atoms with Gasteiger partial charge in [0.05, 0.1) is 38.6 Å². The van der Waals surface area contributed by atoms with E-state index in [9.17, 15) is 4.79 Å². The first-order valence-corrected chi connectivity index (χ1v) is 10.1. The zero-order valence-corrected chi connectivity index (χ0v) is 16.3. The van der Waals surface area contributed by atoms with Crippen molar-refractivity contribution in [2.75, 3.05) is 78.8 Å². The first-order chi connectivity index (χ1) is 13.6. The molecule has 0 aliphatic carbocycles. The summed E-state index contributed by atoms with van der Waals surface area (Å²) in [7, 11) is 0. The average molecular weight is 400 g/mol. The number of hydrazine groups is 2. The molecule has 28 heavy (non-hydrogen) atoms. The Balaban J connectivity index is 1.28. The van der Waals surface area contributed by atoms with Crippen LogP contribution in [0.2, 0.25) is 0 Å². The van der Waals surface area contributed by atoms with Crippen molar-refractivity contribution in [1.82, 2.24) is 19.8 Å². The Morgan fingerprint density at radius 3 is 1.54 bits per heavy atom. The van der Waals surface area contributed by atoms with Gasteiger partial charge < -0.3 is 18.9 Å². The van der Waals surface area contributed by atoms with Gasteiger partial charge in [0.1, 0.15) is 0 Å². The van der Waals surface area contributed by atoms with Crippen molar-refractivity contribution in [3.05, 3.63) is 0 Å². The van der Waals surface area contributed by atoms with E-state index in [2.05, 4.69) is 9.80 Å². The van der Waals surface area contributed by atoms with Gasteiger partial charge in [-0.1, -0.05) is 0 Å². The highest BCUT2D eigenvalue weighted by molar-refractivity contribution is 5.87. The van der Waals surface area contributed by atoms with E-state index < -0.39 is 12.5 Å². The van der Waals surface area contributed by atoms with Crippen molar-refractivity contribution in [3.63, 3.8) is 0 Å². The van der Waals surface area contributed by atoms with E-state index in [4.69, 9.17) is 30.6 Å². The molecule has 0 amide bonds. The molecule has 0 bridgehead atoms. The molecule has 0 aromatic carbocycles. The van der Waals surface area contributed by atoms with Gasteiger partial charge in [0.2, 0.25) is 5.78 Å². The van der Waals surface area contributed by atoms with Crippen LogP contribution >= 0.6 is 0 Å². The van der Waals surface area contributed by atoms with Gasteiger partial charge in [0.25, 0.3) is 0 Å². The van der Waals surface area contributed by atoms with Crippen molar-refractivity contribution in [2.45, 2.75) is 24.7 Å². The van der Waals surface area contributed by atoms with Crippen LogP contribution in [0.25, 0.3) is 0 Å². The van der Waals surface area contributed by atoms with E-state index in [0.29, 0.717) is 13.1 Å². The van der Waals surface area contributed by atoms with Crippen LogP contribution in [0.4, 0.5) is 0 Å². The SMILES string of the molecule is NN1CC(CN2CCOCC2)OC1C(=O)C1OC(CN2CCOCC2)CN1N. The number of rotatable bonds is 6. The Bertz CT molecular complexity index is 486. The lowest BCUT2D eigenvalue weighted by Crippen LogP contribution is -2.51. The predicted octanol–water partition coefficient (Wildman–Crippen LogP) is -2.98. The number of morpholine rings is 2. The number of nitrogens with zero attached hydrogens (tertiary/aromatic N) is 4. The number of hydrogen-bond acceptors (Lipinski definition) is 11. The highest BCUT2D eigenvalue weighted by Gasteiger charge is 2.45. The van der Waals surface area contributed by atoms with Crippen LogP contribution in [-0.2, 0) is 23.7 Å². The lowest BCUT2D eigenvalue weighted by molar-refractivity contribution is -0.155. The van der Waals surface area contributed by atoms with Gasteiger partial charge in [-0.2, -0.15) is 0 Å². The lowest BCUT2D eigenvalue weighted by atomic mass is 10.3. The van der Waals surface area contributed by atoms with Gasteiger partial charge in [0.15, 0.2) is 12.5 Å². The summed E-state index contributed by atoms with van der Waals surface area (Å²) in [6, 6.07) is 0. The molecule has 11 heteroatoms. The Morgan fingerprint density at radius 2 is 1.14 bits per heavy atom. The second kappa shape index (κ2) is 9.39. The summed E-state index contributed by atoms with van der Waals surface area (Å²) < 4.78 is 22.7. The summed E-state index contributed by atoms with van der Waals surface area (Å²) in [4.78, 5) is 17.5. The number of ketones is 1. The molecule has 0 saturated carbocycles. The summed E-state index contributed by atoms with van der Waals surface area (Å²) in [6.07, 6.45) is -1.89. The maximum absolute atomic E-state index is 13.0. The second-order valence-corrected chi connectivity index (χ2v) is 7.84. The molecule has 4 fully saturated rings. The molecule has 4 saturated heterocycles. The highest BCUT2D eigenvalue weighted by Crippen LogP contribution is 2.22. The minimum atomic E-state index is -0.829. The maximum Gasteiger partial charge on any atom is 0.222 e. The Labute approximate surface area is 165 Å². The first kappa shape index (κ1) is 20.5. The van der Waals surface area contributed by atoms with E-state index in [0.717, 1.165) is 65.7 Å². The summed E-state index contributed by atoms with van der Waals surface area (Å²) in [5.41, 5.74) is 0. The molecule has 0 aromatic heterocycles. The quantitative estimate of drug-likeness (QED) is 0.445. The minimum absolute atomic E-state index is 0.117. The van der Waals surface area contributed by atoms with Crippen molar-refractivity contribution in [1.29, 1.82) is 0 Å². The van der Waals surface area contributed by atoms with E-state index in [1.807, 2.05) is 0 Å². The molecule has 4 aliphatic rings. The van der Waals surface area contributed by atoms with E-state index in [-0.39, 0.29) is 18.0 Å². The Morgan fingerprint density at radius 1 is 0.750 bits per heavy atom. The number of nitrogens with two attached hydrogens (primary N) is 2. The first-order valence-electron chi connectivity index (χ1n) is 10.1. The van der Waals surface area contributed by atoms with Crippen LogP contribution in [0.3, 0.4) is 0 Å². The summed E-state index contributed by atoms with van der Waals surface area (Å²) >= 11 is 0. The third kappa shape index (κ3) is 4.87. The minimum Gasteiger partial charge on any atom is -0.379 e. The molecular weight excluding hydrogens is 368 g/mol. The molecule has 0 aromatic rings.